The van der Waals surface area contributed by atoms with Gasteiger partial charge in [0.25, 0.3) is 0 Å². The summed E-state index contributed by atoms with van der Waals surface area (Å²) >= 11 is 0. The van der Waals surface area contributed by atoms with E-state index in [-0.39, 0.29) is 12.1 Å². The second-order valence-corrected chi connectivity index (χ2v) is 6.99. The van der Waals surface area contributed by atoms with Crippen molar-refractivity contribution in [2.75, 3.05) is 10.6 Å². The summed E-state index contributed by atoms with van der Waals surface area (Å²) in [4.78, 5) is 16.2. The zero-order valence-electron chi connectivity index (χ0n) is 16.7. The molecule has 8 nitrogen and oxygen atoms in total. The molecule has 0 spiro atoms. The van der Waals surface area contributed by atoms with Gasteiger partial charge in [-0.05, 0) is 30.5 Å². The SMILES string of the molecule is CC(C)OC(=O)Nc1nnc2c(NCc3ccc(-c4ccccc4)cc3)nccn12. The van der Waals surface area contributed by atoms with Gasteiger partial charge in [-0.2, -0.15) is 0 Å². The molecular weight excluding hydrogens is 380 g/mol. The molecule has 8 heteroatoms. The van der Waals surface area contributed by atoms with E-state index in [0.29, 0.717) is 18.0 Å². The van der Waals surface area contributed by atoms with Crippen LogP contribution in [-0.2, 0) is 11.3 Å². The van der Waals surface area contributed by atoms with E-state index < -0.39 is 6.09 Å². The lowest BCUT2D eigenvalue weighted by Gasteiger charge is -2.09. The normalized spacial score (nSPS) is 10.9. The molecule has 2 aromatic heterocycles. The summed E-state index contributed by atoms with van der Waals surface area (Å²) in [6.07, 6.45) is 2.50. The minimum atomic E-state index is -0.580. The predicted octanol–water partition coefficient (Wildman–Crippen LogP) is 4.36. The van der Waals surface area contributed by atoms with Crippen LogP contribution in [0.2, 0.25) is 0 Å². The van der Waals surface area contributed by atoms with Crippen LogP contribution in [0.5, 0.6) is 0 Å². The molecule has 4 aromatic rings. The van der Waals surface area contributed by atoms with Gasteiger partial charge in [-0.3, -0.25) is 9.72 Å². The van der Waals surface area contributed by atoms with Crippen LogP contribution in [0, 0.1) is 0 Å². The second kappa shape index (κ2) is 8.60. The highest BCUT2D eigenvalue weighted by molar-refractivity contribution is 5.83. The second-order valence-electron chi connectivity index (χ2n) is 6.99. The Labute approximate surface area is 173 Å². The predicted molar refractivity (Wildman–Crippen MR) is 115 cm³/mol. The summed E-state index contributed by atoms with van der Waals surface area (Å²) in [6.45, 7) is 4.13. The highest BCUT2D eigenvalue weighted by atomic mass is 16.6. The number of rotatable bonds is 6. The van der Waals surface area contributed by atoms with E-state index in [9.17, 15) is 4.79 Å². The number of carbonyl (C=O) groups is 1. The van der Waals surface area contributed by atoms with Gasteiger partial charge in [-0.15, -0.1) is 10.2 Å². The van der Waals surface area contributed by atoms with Crippen LogP contribution in [0.4, 0.5) is 16.6 Å². The van der Waals surface area contributed by atoms with Crippen molar-refractivity contribution in [3.63, 3.8) is 0 Å². The Kier molecular flexibility index (Phi) is 5.56. The number of hydrogen-bond acceptors (Lipinski definition) is 6. The molecule has 0 fully saturated rings. The third kappa shape index (κ3) is 4.38. The van der Waals surface area contributed by atoms with Crippen LogP contribution in [-0.4, -0.2) is 31.8 Å². The van der Waals surface area contributed by atoms with Crippen molar-refractivity contribution >= 4 is 23.5 Å². The van der Waals surface area contributed by atoms with Gasteiger partial charge in [0, 0.05) is 18.9 Å². The summed E-state index contributed by atoms with van der Waals surface area (Å²) in [5.74, 6) is 0.843. The Morgan fingerprint density at radius 2 is 1.77 bits per heavy atom. The van der Waals surface area contributed by atoms with Gasteiger partial charge in [0.15, 0.2) is 5.82 Å². The molecule has 0 atom stereocenters. The van der Waals surface area contributed by atoms with Crippen molar-refractivity contribution < 1.29 is 9.53 Å². The van der Waals surface area contributed by atoms with E-state index in [1.54, 1.807) is 30.6 Å². The number of fused-ring (bicyclic) bond motifs is 1. The monoisotopic (exact) mass is 402 g/mol. The average Bonchev–Trinajstić information content (AvgIpc) is 3.16. The van der Waals surface area contributed by atoms with Gasteiger partial charge >= 0.3 is 6.09 Å². The lowest BCUT2D eigenvalue weighted by molar-refractivity contribution is 0.129. The minimum Gasteiger partial charge on any atom is -0.447 e. The fourth-order valence-electron chi connectivity index (χ4n) is 3.00. The first-order chi connectivity index (χ1) is 14.6. The molecule has 0 saturated carbocycles. The van der Waals surface area contributed by atoms with E-state index >= 15 is 0 Å². The van der Waals surface area contributed by atoms with Crippen LogP contribution in [0.1, 0.15) is 19.4 Å². The topological polar surface area (TPSA) is 93.4 Å². The van der Waals surface area contributed by atoms with E-state index in [1.807, 2.05) is 18.2 Å². The zero-order valence-corrected chi connectivity index (χ0v) is 16.7. The molecule has 0 aliphatic heterocycles. The number of amides is 1. The molecule has 2 aromatic carbocycles. The van der Waals surface area contributed by atoms with Gasteiger partial charge in [0.2, 0.25) is 11.6 Å². The maximum atomic E-state index is 11.8. The zero-order chi connectivity index (χ0) is 20.9. The largest absolute Gasteiger partial charge is 0.447 e. The standard InChI is InChI=1S/C22H22N6O2/c1-15(2)30-22(29)25-21-27-26-20-19(23-12-13-28(20)21)24-14-16-8-10-18(11-9-16)17-6-4-3-5-7-17/h3-13,15H,14H2,1-2H3,(H,23,24)(H,25,27,29). The first kappa shape index (κ1) is 19.4. The quantitative estimate of drug-likeness (QED) is 0.498. The van der Waals surface area contributed by atoms with Gasteiger partial charge in [-0.1, -0.05) is 54.6 Å². The molecule has 152 valence electrons. The van der Waals surface area contributed by atoms with Gasteiger partial charge in [0.05, 0.1) is 6.10 Å². The van der Waals surface area contributed by atoms with E-state index in [4.69, 9.17) is 4.74 Å². The number of benzene rings is 2. The number of ether oxygens (including phenoxy) is 1. The lowest BCUT2D eigenvalue weighted by Crippen LogP contribution is -2.19. The van der Waals surface area contributed by atoms with Crippen LogP contribution >= 0.6 is 0 Å². The summed E-state index contributed by atoms with van der Waals surface area (Å²) < 4.78 is 6.74. The first-order valence-corrected chi connectivity index (χ1v) is 9.66. The number of anilines is 2. The van der Waals surface area contributed by atoms with Gasteiger partial charge in [-0.25, -0.2) is 9.78 Å². The molecule has 2 heterocycles. The summed E-state index contributed by atoms with van der Waals surface area (Å²) in [5.41, 5.74) is 3.97. The highest BCUT2D eigenvalue weighted by Gasteiger charge is 2.14. The first-order valence-electron chi connectivity index (χ1n) is 9.66. The maximum absolute atomic E-state index is 11.8. The third-order valence-corrected chi connectivity index (χ3v) is 4.40. The summed E-state index contributed by atoms with van der Waals surface area (Å²) in [5, 5.41) is 14.0. The van der Waals surface area contributed by atoms with Crippen molar-refractivity contribution in [1.82, 2.24) is 19.6 Å². The Balaban J connectivity index is 1.46. The Morgan fingerprint density at radius 1 is 1.03 bits per heavy atom. The molecule has 4 rings (SSSR count). The average molecular weight is 402 g/mol. The minimum absolute atomic E-state index is 0.226. The van der Waals surface area contributed by atoms with E-state index in [1.165, 1.54) is 11.1 Å². The summed E-state index contributed by atoms with van der Waals surface area (Å²) in [6, 6.07) is 18.6. The van der Waals surface area contributed by atoms with Crippen LogP contribution in [0.25, 0.3) is 16.8 Å². The molecule has 1 amide bonds. The van der Waals surface area contributed by atoms with Crippen LogP contribution in [0.15, 0.2) is 67.0 Å². The highest BCUT2D eigenvalue weighted by Crippen LogP contribution is 2.20. The van der Waals surface area contributed by atoms with Crippen molar-refractivity contribution in [3.05, 3.63) is 72.6 Å². The fourth-order valence-corrected chi connectivity index (χ4v) is 3.00. The smallest absolute Gasteiger partial charge is 0.414 e. The number of hydrogen-bond donors (Lipinski definition) is 2. The maximum Gasteiger partial charge on any atom is 0.414 e. The van der Waals surface area contributed by atoms with E-state index in [0.717, 1.165) is 5.56 Å². The number of nitrogens with zero attached hydrogens (tertiary/aromatic N) is 4. The third-order valence-electron chi connectivity index (χ3n) is 4.40. The van der Waals surface area contributed by atoms with Crippen LogP contribution < -0.4 is 10.6 Å². The fraction of sp³-hybridized carbons (Fsp3) is 0.182. The molecule has 0 unspecified atom stereocenters. The molecule has 2 N–H and O–H groups in total. The Bertz CT molecular complexity index is 1140. The molecule has 0 saturated heterocycles. The van der Waals surface area contributed by atoms with Gasteiger partial charge < -0.3 is 10.1 Å². The summed E-state index contributed by atoms with van der Waals surface area (Å²) in [7, 11) is 0. The number of carbonyl (C=O) groups excluding carboxylic acids is 1. The van der Waals surface area contributed by atoms with Crippen LogP contribution in [0.3, 0.4) is 0 Å². The number of nitrogens with one attached hydrogen (secondary N) is 2. The molecule has 0 aliphatic rings. The lowest BCUT2D eigenvalue weighted by atomic mass is 10.0. The molecular formula is C22H22N6O2. The van der Waals surface area contributed by atoms with Crippen molar-refractivity contribution in [3.8, 4) is 11.1 Å². The van der Waals surface area contributed by atoms with Crippen molar-refractivity contribution in [1.29, 1.82) is 0 Å². The molecule has 0 bridgehead atoms. The molecule has 0 radical (unpaired) electrons. The van der Waals surface area contributed by atoms with Crippen molar-refractivity contribution in [2.24, 2.45) is 0 Å². The van der Waals surface area contributed by atoms with Crippen molar-refractivity contribution in [2.45, 2.75) is 26.5 Å². The molecule has 0 aliphatic carbocycles. The molecule has 30 heavy (non-hydrogen) atoms. The van der Waals surface area contributed by atoms with E-state index in [2.05, 4.69) is 62.2 Å². The Morgan fingerprint density at radius 3 is 2.50 bits per heavy atom. The Hall–Kier alpha value is -3.94. The number of aromatic nitrogens is 4. The van der Waals surface area contributed by atoms with Gasteiger partial charge in [0.1, 0.15) is 0 Å².